The highest BCUT2D eigenvalue weighted by atomic mass is 16.3. The first-order chi connectivity index (χ1) is 40.2. The SMILES string of the molecule is CC.c1ccc(N(c2ccc3cc4c5cccc6c7cc8ccc(N(c9ccccc9)c9cccc%10c9oc9c(C%11CCCCC%11)cccc9%10)cc8cc7n(c4cc3c2)c56)c2cccc3c2oc2c(C4CCCCC4)cccc23)cc1. The quantitative estimate of drug-likeness (QED) is 0.152. The van der Waals surface area contributed by atoms with Crippen molar-refractivity contribution in [3.8, 4) is 0 Å². The van der Waals surface area contributed by atoms with Gasteiger partial charge in [-0.1, -0.05) is 180 Å². The molecule has 81 heavy (non-hydrogen) atoms. The van der Waals surface area contributed by atoms with Crippen LogP contribution in [0.5, 0.6) is 0 Å². The largest absolute Gasteiger partial charge is 0.454 e. The van der Waals surface area contributed by atoms with E-state index in [0.29, 0.717) is 11.8 Å². The molecule has 0 bridgehead atoms. The Labute approximate surface area is 471 Å². The van der Waals surface area contributed by atoms with Crippen molar-refractivity contribution in [3.05, 3.63) is 223 Å². The first-order valence-electron chi connectivity index (χ1n) is 29.9. The third-order valence-electron chi connectivity index (χ3n) is 18.4. The molecule has 4 aromatic heterocycles. The first-order valence-corrected chi connectivity index (χ1v) is 29.9. The predicted molar refractivity (Wildman–Crippen MR) is 343 cm³/mol. The number of benzene rings is 11. The zero-order chi connectivity index (χ0) is 53.7. The molecular weight excluding hydrogens is 987 g/mol. The molecule has 394 valence electrons. The van der Waals surface area contributed by atoms with Crippen LogP contribution in [0.2, 0.25) is 0 Å². The molecule has 0 spiro atoms. The summed E-state index contributed by atoms with van der Waals surface area (Å²) in [7, 11) is 0. The van der Waals surface area contributed by atoms with Crippen molar-refractivity contribution in [1.29, 1.82) is 0 Å². The summed E-state index contributed by atoms with van der Waals surface area (Å²) in [5, 5.41) is 14.6. The van der Waals surface area contributed by atoms with Gasteiger partial charge in [-0.2, -0.15) is 0 Å². The van der Waals surface area contributed by atoms with Gasteiger partial charge in [-0.25, -0.2) is 0 Å². The van der Waals surface area contributed by atoms with Crippen LogP contribution in [-0.4, -0.2) is 4.40 Å². The Hall–Kier alpha value is -9.06. The van der Waals surface area contributed by atoms with Crippen LogP contribution in [0.15, 0.2) is 221 Å². The minimum atomic E-state index is 0.537. The normalized spacial score (nSPS) is 14.7. The third kappa shape index (κ3) is 7.58. The molecule has 2 aliphatic rings. The highest BCUT2D eigenvalue weighted by molar-refractivity contribution is 6.26. The molecule has 0 saturated heterocycles. The van der Waals surface area contributed by atoms with Gasteiger partial charge in [0.2, 0.25) is 0 Å². The highest BCUT2D eigenvalue weighted by Crippen LogP contribution is 2.49. The topological polar surface area (TPSA) is 37.2 Å². The average molecular weight is 1050 g/mol. The van der Waals surface area contributed by atoms with Gasteiger partial charge in [-0.3, -0.25) is 0 Å². The summed E-state index contributed by atoms with van der Waals surface area (Å²) in [6.07, 6.45) is 12.7. The summed E-state index contributed by atoms with van der Waals surface area (Å²) in [4.78, 5) is 4.78. The number of rotatable bonds is 8. The Balaban J connectivity index is 0.00000268. The van der Waals surface area contributed by atoms with Gasteiger partial charge in [0.1, 0.15) is 11.2 Å². The Bertz CT molecular complexity index is 4580. The molecule has 0 atom stereocenters. The average Bonchev–Trinajstić information content (AvgIpc) is 2.58. The standard InChI is InChI=1S/C74H57N3O2.C2H6/c1-5-18-46(19-6-1)56-26-13-30-60-62-32-16-34-66(73(62)78-71(56)60)75(52-22-9-3-10-23-52)54-38-36-48-42-64-58-28-15-29-59-65-43-49-37-39-55(41-51(49)45-69(65)77(70(58)59)68(64)44-50(48)40-54)76(53-24-11-4-12-25-53)67-35-17-33-63-61-31-14-27-57(72(61)79-74(63)67)47-20-7-2-8-21-47;1-2/h3-4,9-17,22-47H,1-2,5-8,18-21H2;1-2H3. The second-order valence-corrected chi connectivity index (χ2v) is 22.8. The van der Waals surface area contributed by atoms with Crippen LogP contribution < -0.4 is 9.80 Å². The van der Waals surface area contributed by atoms with E-state index in [9.17, 15) is 0 Å². The van der Waals surface area contributed by atoms with Crippen LogP contribution in [0.1, 0.15) is 101 Å². The van der Waals surface area contributed by atoms with Crippen LogP contribution >= 0.6 is 0 Å². The molecule has 5 heteroatoms. The Morgan fingerprint density at radius 1 is 0.321 bits per heavy atom. The van der Waals surface area contributed by atoms with Gasteiger partial charge < -0.3 is 23.0 Å². The number of fused-ring (bicyclic) bond motifs is 14. The van der Waals surface area contributed by atoms with E-state index in [-0.39, 0.29) is 0 Å². The van der Waals surface area contributed by atoms with E-state index in [0.717, 1.165) is 67.2 Å². The molecule has 0 amide bonds. The third-order valence-corrected chi connectivity index (χ3v) is 18.4. The lowest BCUT2D eigenvalue weighted by Gasteiger charge is -2.26. The minimum absolute atomic E-state index is 0.537. The molecule has 2 fully saturated rings. The van der Waals surface area contributed by atoms with Crippen LogP contribution in [-0.2, 0) is 0 Å². The van der Waals surface area contributed by atoms with Crippen LogP contribution in [0, 0.1) is 0 Å². The lowest BCUT2D eigenvalue weighted by Crippen LogP contribution is -2.10. The highest BCUT2D eigenvalue weighted by Gasteiger charge is 2.27. The van der Waals surface area contributed by atoms with E-state index in [1.165, 1.54) is 146 Å². The fraction of sp³-hybridized carbons (Fsp3) is 0.184. The van der Waals surface area contributed by atoms with Crippen molar-refractivity contribution in [3.63, 3.8) is 0 Å². The molecule has 0 N–H and O–H groups in total. The van der Waals surface area contributed by atoms with Gasteiger partial charge in [0, 0.05) is 65.8 Å². The number of furan rings is 2. The summed E-state index contributed by atoms with van der Waals surface area (Å²) in [6.45, 7) is 4.00. The number of aromatic nitrogens is 1. The zero-order valence-corrected chi connectivity index (χ0v) is 46.1. The maximum atomic E-state index is 7.14. The molecule has 0 unspecified atom stereocenters. The van der Waals surface area contributed by atoms with Gasteiger partial charge in [0.15, 0.2) is 11.2 Å². The second-order valence-electron chi connectivity index (χ2n) is 22.8. The smallest absolute Gasteiger partial charge is 0.159 e. The van der Waals surface area contributed by atoms with Gasteiger partial charge >= 0.3 is 0 Å². The summed E-state index contributed by atoms with van der Waals surface area (Å²) in [5.41, 5.74) is 16.8. The summed E-state index contributed by atoms with van der Waals surface area (Å²) >= 11 is 0. The number of hydrogen-bond donors (Lipinski definition) is 0. The predicted octanol–water partition coefficient (Wildman–Crippen LogP) is 23.0. The fourth-order valence-electron chi connectivity index (χ4n) is 14.7. The van der Waals surface area contributed by atoms with Crippen LogP contribution in [0.3, 0.4) is 0 Å². The molecule has 17 rings (SSSR count). The molecule has 2 aliphatic carbocycles. The van der Waals surface area contributed by atoms with Gasteiger partial charge in [-0.05, 0) is 155 Å². The molecule has 5 nitrogen and oxygen atoms in total. The molecular formula is C76H63N3O2. The van der Waals surface area contributed by atoms with Gasteiger partial charge in [0.25, 0.3) is 0 Å². The maximum Gasteiger partial charge on any atom is 0.159 e. The van der Waals surface area contributed by atoms with Crippen molar-refractivity contribution in [2.24, 2.45) is 0 Å². The van der Waals surface area contributed by atoms with E-state index in [1.54, 1.807) is 0 Å². The van der Waals surface area contributed by atoms with E-state index >= 15 is 0 Å². The Morgan fingerprint density at radius 3 is 1.16 bits per heavy atom. The number of anilines is 6. The lowest BCUT2D eigenvalue weighted by atomic mass is 9.83. The molecule has 2 saturated carbocycles. The monoisotopic (exact) mass is 1050 g/mol. The maximum absolute atomic E-state index is 7.14. The van der Waals surface area contributed by atoms with E-state index in [4.69, 9.17) is 8.83 Å². The first kappa shape index (κ1) is 47.9. The van der Waals surface area contributed by atoms with E-state index in [2.05, 4.69) is 227 Å². The number of para-hydroxylation sites is 7. The summed E-state index contributed by atoms with van der Waals surface area (Å²) < 4.78 is 16.8. The molecule has 0 aliphatic heterocycles. The Morgan fingerprint density at radius 2 is 0.716 bits per heavy atom. The van der Waals surface area contributed by atoms with Crippen molar-refractivity contribution in [2.75, 3.05) is 9.80 Å². The second kappa shape index (κ2) is 19.3. The number of nitrogens with zero attached hydrogens (tertiary/aromatic N) is 3. The molecule has 0 radical (unpaired) electrons. The van der Waals surface area contributed by atoms with E-state index < -0.39 is 0 Å². The number of hydrogen-bond acceptors (Lipinski definition) is 4. The van der Waals surface area contributed by atoms with Gasteiger partial charge in [0.05, 0.1) is 27.9 Å². The summed E-state index contributed by atoms with van der Waals surface area (Å²) in [6, 6.07) is 79.0. The Kier molecular flexibility index (Phi) is 11.4. The lowest BCUT2D eigenvalue weighted by molar-refractivity contribution is 0.442. The zero-order valence-electron chi connectivity index (χ0n) is 46.1. The van der Waals surface area contributed by atoms with E-state index in [1.807, 2.05) is 13.8 Å². The van der Waals surface area contributed by atoms with Crippen molar-refractivity contribution >= 4 is 138 Å². The minimum Gasteiger partial charge on any atom is -0.454 e. The van der Waals surface area contributed by atoms with Crippen LogP contribution in [0.4, 0.5) is 34.1 Å². The fourth-order valence-corrected chi connectivity index (χ4v) is 14.7. The molecule has 4 heterocycles. The van der Waals surface area contributed by atoms with Crippen molar-refractivity contribution < 1.29 is 8.83 Å². The summed E-state index contributed by atoms with van der Waals surface area (Å²) in [5.74, 6) is 1.07. The van der Waals surface area contributed by atoms with Crippen LogP contribution in [0.25, 0.3) is 104 Å². The van der Waals surface area contributed by atoms with Gasteiger partial charge in [-0.15, -0.1) is 0 Å². The van der Waals surface area contributed by atoms with Crippen molar-refractivity contribution in [2.45, 2.75) is 89.9 Å². The molecule has 15 aromatic rings. The van der Waals surface area contributed by atoms with Crippen molar-refractivity contribution in [1.82, 2.24) is 4.40 Å². The molecule has 11 aromatic carbocycles.